The van der Waals surface area contributed by atoms with E-state index >= 15 is 0 Å². The smallest absolute Gasteiger partial charge is 0.223 e. The average Bonchev–Trinajstić information content (AvgIpc) is 3.05. The summed E-state index contributed by atoms with van der Waals surface area (Å²) in [6, 6.07) is 0.227. The number of carbonyl (C=O) groups excluding carboxylic acids is 1. The molecule has 0 aliphatic carbocycles. The predicted molar refractivity (Wildman–Crippen MR) is 87.1 cm³/mol. The van der Waals surface area contributed by atoms with Gasteiger partial charge in [0.25, 0.3) is 0 Å². The maximum Gasteiger partial charge on any atom is 0.223 e. The Kier molecular flexibility index (Phi) is 5.45. The van der Waals surface area contributed by atoms with E-state index in [-0.39, 0.29) is 11.9 Å². The van der Waals surface area contributed by atoms with Crippen LogP contribution in [0, 0.1) is 5.92 Å². The molecule has 3 atom stereocenters. The molecule has 0 saturated carbocycles. The summed E-state index contributed by atoms with van der Waals surface area (Å²) >= 11 is 1.74. The number of thioether (sulfide) groups is 1. The number of likely N-dealkylation sites (tertiary alicyclic amines) is 1. The van der Waals surface area contributed by atoms with E-state index in [0.29, 0.717) is 17.6 Å². The topological polar surface area (TPSA) is 51.0 Å². The third-order valence-corrected chi connectivity index (χ3v) is 4.97. The Morgan fingerprint density at radius 3 is 3.00 bits per heavy atom. The molecule has 6 heteroatoms. The standard InChI is InChI=1S/C15H24N4OS/c1-5-6-13-9-19(17-16-13)14-10-18(8-11(14)2)15(20)7-12(3)21-4/h5-6,9,11-12,14H,7-8,10H2,1-4H3/b6-5+/t11-,12?,14+/m1/s1. The normalized spacial score (nSPS) is 23.9. The summed E-state index contributed by atoms with van der Waals surface area (Å²) in [5.41, 5.74) is 0.866. The van der Waals surface area contributed by atoms with Crippen LogP contribution in [0.25, 0.3) is 6.08 Å². The van der Waals surface area contributed by atoms with Crippen LogP contribution < -0.4 is 0 Å². The van der Waals surface area contributed by atoms with Crippen molar-refractivity contribution < 1.29 is 4.79 Å². The number of amides is 1. The molecule has 0 bridgehead atoms. The van der Waals surface area contributed by atoms with Crippen molar-refractivity contribution in [2.75, 3.05) is 19.3 Å². The van der Waals surface area contributed by atoms with Crippen molar-refractivity contribution in [1.29, 1.82) is 0 Å². The zero-order valence-electron chi connectivity index (χ0n) is 13.2. The lowest BCUT2D eigenvalue weighted by Gasteiger charge is -2.18. The molecule has 0 N–H and O–H groups in total. The van der Waals surface area contributed by atoms with E-state index in [1.807, 2.05) is 41.1 Å². The van der Waals surface area contributed by atoms with Crippen LogP contribution in [0.2, 0.25) is 0 Å². The Balaban J connectivity index is 2.01. The number of nitrogens with zero attached hydrogens (tertiary/aromatic N) is 4. The fourth-order valence-corrected chi connectivity index (χ4v) is 2.96. The molecule has 1 unspecified atom stereocenters. The predicted octanol–water partition coefficient (Wildman–Crippen LogP) is 2.47. The molecule has 0 aromatic carbocycles. The average molecular weight is 308 g/mol. The number of allylic oxidation sites excluding steroid dienone is 1. The second-order valence-corrected chi connectivity index (χ2v) is 6.99. The molecule has 21 heavy (non-hydrogen) atoms. The number of carbonyl (C=O) groups is 1. The molecular formula is C15H24N4OS. The summed E-state index contributed by atoms with van der Waals surface area (Å²) in [7, 11) is 0. The number of aromatic nitrogens is 3. The van der Waals surface area contributed by atoms with Crippen molar-refractivity contribution in [1.82, 2.24) is 19.9 Å². The van der Waals surface area contributed by atoms with Crippen LogP contribution in [-0.4, -0.2) is 50.4 Å². The van der Waals surface area contributed by atoms with Crippen LogP contribution in [0.5, 0.6) is 0 Å². The summed E-state index contributed by atoms with van der Waals surface area (Å²) in [4.78, 5) is 14.3. The second kappa shape index (κ2) is 7.11. The lowest BCUT2D eigenvalue weighted by Crippen LogP contribution is -2.30. The maximum atomic E-state index is 12.3. The van der Waals surface area contributed by atoms with Gasteiger partial charge in [-0.1, -0.05) is 25.1 Å². The minimum absolute atomic E-state index is 0.227. The van der Waals surface area contributed by atoms with Gasteiger partial charge in [-0.15, -0.1) is 5.10 Å². The fourth-order valence-electron chi connectivity index (χ4n) is 2.66. The molecular weight excluding hydrogens is 284 g/mol. The van der Waals surface area contributed by atoms with Gasteiger partial charge in [-0.05, 0) is 25.2 Å². The molecule has 1 fully saturated rings. The van der Waals surface area contributed by atoms with Crippen molar-refractivity contribution in [2.24, 2.45) is 5.92 Å². The van der Waals surface area contributed by atoms with Gasteiger partial charge in [0, 0.05) is 24.8 Å². The van der Waals surface area contributed by atoms with Crippen molar-refractivity contribution in [3.63, 3.8) is 0 Å². The monoisotopic (exact) mass is 308 g/mol. The van der Waals surface area contributed by atoms with Crippen molar-refractivity contribution in [2.45, 2.75) is 38.5 Å². The van der Waals surface area contributed by atoms with Crippen molar-refractivity contribution >= 4 is 23.7 Å². The Morgan fingerprint density at radius 1 is 1.57 bits per heavy atom. The Hall–Kier alpha value is -1.30. The molecule has 0 radical (unpaired) electrons. The van der Waals surface area contributed by atoms with E-state index in [9.17, 15) is 4.79 Å². The zero-order valence-corrected chi connectivity index (χ0v) is 14.0. The first-order chi connectivity index (χ1) is 10.0. The second-order valence-electron chi connectivity index (χ2n) is 5.72. The van der Waals surface area contributed by atoms with Gasteiger partial charge in [0.15, 0.2) is 0 Å². The molecule has 1 aliphatic rings. The number of hydrogen-bond donors (Lipinski definition) is 0. The lowest BCUT2D eigenvalue weighted by molar-refractivity contribution is -0.130. The fraction of sp³-hybridized carbons (Fsp3) is 0.667. The molecule has 1 amide bonds. The van der Waals surface area contributed by atoms with Gasteiger partial charge in [-0.25, -0.2) is 4.68 Å². The molecule has 1 aromatic heterocycles. The van der Waals surface area contributed by atoms with Gasteiger partial charge in [0.05, 0.1) is 12.2 Å². The molecule has 1 aliphatic heterocycles. The van der Waals surface area contributed by atoms with Crippen LogP contribution in [0.4, 0.5) is 0 Å². The number of hydrogen-bond acceptors (Lipinski definition) is 4. The first kappa shape index (κ1) is 16.1. The molecule has 2 rings (SSSR count). The minimum atomic E-state index is 0.227. The molecule has 1 saturated heterocycles. The SMILES string of the molecule is C/C=C/c1cn([C@H]2CN(C(=O)CC(C)SC)C[C@H]2C)nn1. The Labute approximate surface area is 130 Å². The molecule has 2 heterocycles. The highest BCUT2D eigenvalue weighted by Gasteiger charge is 2.34. The summed E-state index contributed by atoms with van der Waals surface area (Å²) in [5, 5.41) is 8.72. The zero-order chi connectivity index (χ0) is 15.4. The summed E-state index contributed by atoms with van der Waals surface area (Å²) < 4.78 is 1.91. The quantitative estimate of drug-likeness (QED) is 0.838. The van der Waals surface area contributed by atoms with Crippen LogP contribution >= 0.6 is 11.8 Å². The van der Waals surface area contributed by atoms with Gasteiger partial charge in [0.2, 0.25) is 5.91 Å². The molecule has 116 valence electrons. The van der Waals surface area contributed by atoms with Gasteiger partial charge in [-0.3, -0.25) is 4.79 Å². The van der Waals surface area contributed by atoms with E-state index in [2.05, 4.69) is 24.2 Å². The highest BCUT2D eigenvalue weighted by Crippen LogP contribution is 2.28. The van der Waals surface area contributed by atoms with Gasteiger partial charge >= 0.3 is 0 Å². The Bertz CT molecular complexity index is 514. The molecule has 5 nitrogen and oxygen atoms in total. The highest BCUT2D eigenvalue weighted by atomic mass is 32.2. The summed E-state index contributed by atoms with van der Waals surface area (Å²) in [5.74, 6) is 0.652. The van der Waals surface area contributed by atoms with Crippen LogP contribution in [-0.2, 0) is 4.79 Å². The van der Waals surface area contributed by atoms with E-state index in [0.717, 1.165) is 18.8 Å². The maximum absolute atomic E-state index is 12.3. The van der Waals surface area contributed by atoms with E-state index in [1.54, 1.807) is 11.8 Å². The van der Waals surface area contributed by atoms with Crippen molar-refractivity contribution in [3.8, 4) is 0 Å². The first-order valence-electron chi connectivity index (χ1n) is 7.40. The largest absolute Gasteiger partial charge is 0.340 e. The van der Waals surface area contributed by atoms with E-state index < -0.39 is 0 Å². The van der Waals surface area contributed by atoms with Gasteiger partial charge in [0.1, 0.15) is 5.69 Å². The third-order valence-electron chi connectivity index (χ3n) is 4.00. The van der Waals surface area contributed by atoms with Gasteiger partial charge in [-0.2, -0.15) is 11.8 Å². The van der Waals surface area contributed by atoms with Crippen molar-refractivity contribution in [3.05, 3.63) is 18.0 Å². The van der Waals surface area contributed by atoms with Gasteiger partial charge < -0.3 is 4.90 Å². The third kappa shape index (κ3) is 3.87. The molecule has 0 spiro atoms. The van der Waals surface area contributed by atoms with E-state index in [4.69, 9.17) is 0 Å². The number of rotatable bonds is 5. The molecule has 1 aromatic rings. The lowest BCUT2D eigenvalue weighted by atomic mass is 10.1. The summed E-state index contributed by atoms with van der Waals surface area (Å²) in [6.45, 7) is 7.78. The van der Waals surface area contributed by atoms with Crippen LogP contribution in [0.3, 0.4) is 0 Å². The highest BCUT2D eigenvalue weighted by molar-refractivity contribution is 7.99. The van der Waals surface area contributed by atoms with E-state index in [1.165, 1.54) is 0 Å². The van der Waals surface area contributed by atoms with Crippen LogP contribution in [0.1, 0.15) is 38.9 Å². The summed E-state index contributed by atoms with van der Waals surface area (Å²) in [6.07, 6.45) is 8.51. The minimum Gasteiger partial charge on any atom is -0.340 e. The first-order valence-corrected chi connectivity index (χ1v) is 8.69. The van der Waals surface area contributed by atoms with Crippen LogP contribution in [0.15, 0.2) is 12.3 Å². The Morgan fingerprint density at radius 2 is 2.33 bits per heavy atom.